The molecule has 0 amide bonds. The normalized spacial score (nSPS) is 15.3. The van der Waals surface area contributed by atoms with E-state index in [1.54, 1.807) is 6.20 Å². The molecule has 1 aromatic carbocycles. The monoisotopic (exact) mass is 303 g/mol. The number of nitrogen functional groups attached to an aromatic ring is 1. The quantitative estimate of drug-likeness (QED) is 0.863. The van der Waals surface area contributed by atoms with Gasteiger partial charge in [0.05, 0.1) is 11.9 Å². The molecule has 0 atom stereocenters. The van der Waals surface area contributed by atoms with Gasteiger partial charge in [-0.25, -0.2) is 4.98 Å². The van der Waals surface area contributed by atoms with Gasteiger partial charge >= 0.3 is 0 Å². The van der Waals surface area contributed by atoms with E-state index in [2.05, 4.69) is 51.0 Å². The first kappa shape index (κ1) is 13.9. The van der Waals surface area contributed by atoms with Crippen LogP contribution in [0.2, 0.25) is 5.28 Å². The van der Waals surface area contributed by atoms with Gasteiger partial charge in [0.25, 0.3) is 0 Å². The van der Waals surface area contributed by atoms with E-state index in [-0.39, 0.29) is 5.28 Å². The van der Waals surface area contributed by atoms with Gasteiger partial charge in [0, 0.05) is 31.9 Å². The molecule has 3 rings (SSSR count). The molecule has 1 aliphatic rings. The second-order valence-corrected chi connectivity index (χ2v) is 5.57. The molecular weight excluding hydrogens is 286 g/mol. The SMILES string of the molecule is Cc1cccc(N2CCN(c3nc(Cl)ncc3N)CC2)c1. The van der Waals surface area contributed by atoms with Gasteiger partial charge in [-0.2, -0.15) is 4.98 Å². The maximum atomic E-state index is 5.95. The predicted molar refractivity (Wildman–Crippen MR) is 87.1 cm³/mol. The Hall–Kier alpha value is -2.01. The number of anilines is 3. The van der Waals surface area contributed by atoms with Crippen molar-refractivity contribution in [1.29, 1.82) is 0 Å². The zero-order valence-electron chi connectivity index (χ0n) is 12.0. The first-order chi connectivity index (χ1) is 10.1. The van der Waals surface area contributed by atoms with Crippen molar-refractivity contribution in [2.75, 3.05) is 41.7 Å². The summed E-state index contributed by atoms with van der Waals surface area (Å²) in [6.45, 7) is 5.72. The topological polar surface area (TPSA) is 58.3 Å². The second-order valence-electron chi connectivity index (χ2n) is 5.23. The van der Waals surface area contributed by atoms with E-state index >= 15 is 0 Å². The van der Waals surface area contributed by atoms with Crippen LogP contribution in [0.1, 0.15) is 5.56 Å². The van der Waals surface area contributed by atoms with Gasteiger partial charge in [-0.15, -0.1) is 0 Å². The lowest BCUT2D eigenvalue weighted by Crippen LogP contribution is -2.47. The number of hydrogen-bond donors (Lipinski definition) is 1. The maximum Gasteiger partial charge on any atom is 0.224 e. The minimum absolute atomic E-state index is 0.236. The summed E-state index contributed by atoms with van der Waals surface area (Å²) in [4.78, 5) is 12.7. The summed E-state index contributed by atoms with van der Waals surface area (Å²) in [6.07, 6.45) is 1.57. The van der Waals surface area contributed by atoms with Crippen molar-refractivity contribution in [2.45, 2.75) is 6.92 Å². The molecule has 1 aliphatic heterocycles. The number of piperazine rings is 1. The van der Waals surface area contributed by atoms with Crippen molar-refractivity contribution in [3.8, 4) is 0 Å². The lowest BCUT2D eigenvalue weighted by molar-refractivity contribution is 0.647. The van der Waals surface area contributed by atoms with Crippen LogP contribution in [0, 0.1) is 6.92 Å². The van der Waals surface area contributed by atoms with Crippen molar-refractivity contribution in [3.05, 3.63) is 41.3 Å². The fourth-order valence-electron chi connectivity index (χ4n) is 2.62. The Balaban J connectivity index is 1.72. The summed E-state index contributed by atoms with van der Waals surface area (Å²) < 4.78 is 0. The summed E-state index contributed by atoms with van der Waals surface area (Å²) >= 11 is 5.86. The summed E-state index contributed by atoms with van der Waals surface area (Å²) in [5.41, 5.74) is 9.07. The third kappa shape index (κ3) is 3.03. The number of aromatic nitrogens is 2. The minimum Gasteiger partial charge on any atom is -0.394 e. The van der Waals surface area contributed by atoms with E-state index in [1.165, 1.54) is 11.3 Å². The standard InChI is InChI=1S/C15H18ClN5/c1-11-3-2-4-12(9-11)20-5-7-21(8-6-20)14-13(17)10-18-15(16)19-14/h2-4,9-10H,5-8,17H2,1H3. The van der Waals surface area contributed by atoms with E-state index in [4.69, 9.17) is 17.3 Å². The molecule has 1 aromatic heterocycles. The highest BCUT2D eigenvalue weighted by Crippen LogP contribution is 2.24. The van der Waals surface area contributed by atoms with Gasteiger partial charge in [-0.3, -0.25) is 0 Å². The average molecular weight is 304 g/mol. The van der Waals surface area contributed by atoms with Crippen LogP contribution in [0.3, 0.4) is 0 Å². The second kappa shape index (κ2) is 5.77. The number of benzene rings is 1. The molecule has 2 aromatic rings. The Morgan fingerprint density at radius 2 is 1.86 bits per heavy atom. The molecule has 0 saturated carbocycles. The highest BCUT2D eigenvalue weighted by atomic mass is 35.5. The van der Waals surface area contributed by atoms with Crippen LogP contribution in [-0.4, -0.2) is 36.1 Å². The maximum absolute atomic E-state index is 5.95. The molecule has 5 nitrogen and oxygen atoms in total. The van der Waals surface area contributed by atoms with Gasteiger partial charge < -0.3 is 15.5 Å². The van der Waals surface area contributed by atoms with Crippen molar-refractivity contribution >= 4 is 28.8 Å². The predicted octanol–water partition coefficient (Wildman–Crippen LogP) is 2.35. The van der Waals surface area contributed by atoms with Crippen LogP contribution in [0.25, 0.3) is 0 Å². The molecule has 1 saturated heterocycles. The number of rotatable bonds is 2. The molecule has 0 spiro atoms. The number of nitrogens with zero attached hydrogens (tertiary/aromatic N) is 4. The molecule has 0 aliphatic carbocycles. The number of nitrogens with two attached hydrogens (primary N) is 1. The Labute approximate surface area is 129 Å². The number of hydrogen-bond acceptors (Lipinski definition) is 5. The van der Waals surface area contributed by atoms with E-state index in [9.17, 15) is 0 Å². The van der Waals surface area contributed by atoms with Crippen molar-refractivity contribution in [3.63, 3.8) is 0 Å². The molecule has 6 heteroatoms. The Morgan fingerprint density at radius 3 is 2.57 bits per heavy atom. The third-order valence-electron chi connectivity index (χ3n) is 3.71. The van der Waals surface area contributed by atoms with Crippen molar-refractivity contribution < 1.29 is 0 Å². The fourth-order valence-corrected chi connectivity index (χ4v) is 2.74. The number of aryl methyl sites for hydroxylation is 1. The van der Waals surface area contributed by atoms with Gasteiger partial charge in [-0.05, 0) is 36.2 Å². The molecule has 2 heterocycles. The van der Waals surface area contributed by atoms with Crippen molar-refractivity contribution in [1.82, 2.24) is 9.97 Å². The van der Waals surface area contributed by atoms with Crippen LogP contribution < -0.4 is 15.5 Å². The highest BCUT2D eigenvalue weighted by molar-refractivity contribution is 6.28. The lowest BCUT2D eigenvalue weighted by atomic mass is 10.2. The van der Waals surface area contributed by atoms with Crippen molar-refractivity contribution in [2.24, 2.45) is 0 Å². The molecule has 0 bridgehead atoms. The molecule has 110 valence electrons. The minimum atomic E-state index is 0.236. The molecule has 21 heavy (non-hydrogen) atoms. The van der Waals surface area contributed by atoms with Gasteiger partial charge in [0.1, 0.15) is 0 Å². The van der Waals surface area contributed by atoms with E-state index < -0.39 is 0 Å². The van der Waals surface area contributed by atoms with Gasteiger partial charge in [0.15, 0.2) is 5.82 Å². The van der Waals surface area contributed by atoms with Crippen LogP contribution in [0.5, 0.6) is 0 Å². The van der Waals surface area contributed by atoms with E-state index in [0.717, 1.165) is 32.0 Å². The molecule has 2 N–H and O–H groups in total. The first-order valence-corrected chi connectivity index (χ1v) is 7.36. The Bertz CT molecular complexity index is 638. The zero-order chi connectivity index (χ0) is 14.8. The largest absolute Gasteiger partial charge is 0.394 e. The Kier molecular flexibility index (Phi) is 3.84. The fraction of sp³-hybridized carbons (Fsp3) is 0.333. The lowest BCUT2D eigenvalue weighted by Gasteiger charge is -2.37. The molecule has 0 unspecified atom stereocenters. The zero-order valence-corrected chi connectivity index (χ0v) is 12.7. The smallest absolute Gasteiger partial charge is 0.224 e. The van der Waals surface area contributed by atoms with Crippen LogP contribution in [0.15, 0.2) is 30.5 Å². The molecule has 1 fully saturated rings. The number of halogens is 1. The van der Waals surface area contributed by atoms with Crippen LogP contribution >= 0.6 is 11.6 Å². The first-order valence-electron chi connectivity index (χ1n) is 6.98. The summed E-state index contributed by atoms with van der Waals surface area (Å²) in [7, 11) is 0. The van der Waals surface area contributed by atoms with Crippen LogP contribution in [-0.2, 0) is 0 Å². The molecular formula is C15H18ClN5. The average Bonchev–Trinajstić information content (AvgIpc) is 2.50. The van der Waals surface area contributed by atoms with E-state index in [0.29, 0.717) is 5.69 Å². The summed E-state index contributed by atoms with van der Waals surface area (Å²) in [5.74, 6) is 0.735. The van der Waals surface area contributed by atoms with Crippen LogP contribution in [0.4, 0.5) is 17.2 Å². The summed E-state index contributed by atoms with van der Waals surface area (Å²) in [5, 5.41) is 0.236. The van der Waals surface area contributed by atoms with Gasteiger partial charge in [0.2, 0.25) is 5.28 Å². The summed E-state index contributed by atoms with van der Waals surface area (Å²) in [6, 6.07) is 8.58. The third-order valence-corrected chi connectivity index (χ3v) is 3.89. The van der Waals surface area contributed by atoms with Gasteiger partial charge in [-0.1, -0.05) is 12.1 Å². The van der Waals surface area contributed by atoms with E-state index in [1.807, 2.05) is 0 Å². The highest BCUT2D eigenvalue weighted by Gasteiger charge is 2.20. The Morgan fingerprint density at radius 1 is 1.14 bits per heavy atom. The molecule has 0 radical (unpaired) electrons.